The fourth-order valence-electron chi connectivity index (χ4n) is 3.10. The number of rotatable bonds is 5. The zero-order valence-corrected chi connectivity index (χ0v) is 16.1. The molecule has 0 bridgehead atoms. The number of benzene rings is 1. The van der Waals surface area contributed by atoms with Crippen LogP contribution in [0.15, 0.2) is 24.3 Å². The molecule has 1 amide bonds. The predicted molar refractivity (Wildman–Crippen MR) is 98.7 cm³/mol. The van der Waals surface area contributed by atoms with Crippen LogP contribution in [0.1, 0.15) is 40.1 Å². The van der Waals surface area contributed by atoms with Crippen molar-refractivity contribution < 1.29 is 22.7 Å². The summed E-state index contributed by atoms with van der Waals surface area (Å²) in [6.07, 6.45) is -4.80. The lowest BCUT2D eigenvalue weighted by Crippen LogP contribution is -2.36. The number of carbonyl (C=O) groups excluding carboxylic acids is 1. The van der Waals surface area contributed by atoms with Crippen LogP contribution in [-0.2, 0) is 4.74 Å². The van der Waals surface area contributed by atoms with Crippen molar-refractivity contribution in [1.29, 1.82) is 0 Å². The van der Waals surface area contributed by atoms with Gasteiger partial charge in [-0.1, -0.05) is 41.4 Å². The minimum Gasteiger partial charge on any atom is -0.383 e. The molecule has 0 saturated carbocycles. The van der Waals surface area contributed by atoms with E-state index in [1.54, 1.807) is 12.1 Å². The number of hydrogen-bond donors (Lipinski definition) is 2. The van der Waals surface area contributed by atoms with Crippen molar-refractivity contribution in [3.63, 3.8) is 0 Å². The van der Waals surface area contributed by atoms with E-state index in [9.17, 15) is 18.0 Å². The summed E-state index contributed by atoms with van der Waals surface area (Å²) < 4.78 is 46.7. The van der Waals surface area contributed by atoms with Crippen LogP contribution in [0.4, 0.5) is 19.0 Å². The number of aromatic nitrogens is 2. The smallest absolute Gasteiger partial charge is 0.383 e. The van der Waals surface area contributed by atoms with Gasteiger partial charge in [0.2, 0.25) is 0 Å². The zero-order chi connectivity index (χ0) is 20.5. The Balaban J connectivity index is 1.96. The molecular formula is C18H20ClF3N4O2. The summed E-state index contributed by atoms with van der Waals surface area (Å²) in [5.74, 6) is -0.670. The molecule has 6 nitrogen and oxygen atoms in total. The van der Waals surface area contributed by atoms with Crippen molar-refractivity contribution in [2.75, 3.05) is 25.6 Å². The van der Waals surface area contributed by atoms with Gasteiger partial charge in [-0.25, -0.2) is 4.68 Å². The minimum absolute atomic E-state index is 0.0160. The number of fused-ring (bicyclic) bond motifs is 1. The second kappa shape index (κ2) is 8.00. The van der Waals surface area contributed by atoms with Crippen LogP contribution in [0.3, 0.4) is 0 Å². The van der Waals surface area contributed by atoms with Crippen molar-refractivity contribution in [2.24, 2.45) is 0 Å². The molecule has 1 aromatic heterocycles. The molecular weight excluding hydrogens is 397 g/mol. The molecule has 1 aliphatic rings. The molecule has 2 heterocycles. The Kier molecular flexibility index (Phi) is 5.85. The lowest BCUT2D eigenvalue weighted by atomic mass is 9.96. The van der Waals surface area contributed by atoms with E-state index in [1.165, 1.54) is 7.11 Å². The van der Waals surface area contributed by atoms with Crippen molar-refractivity contribution in [1.82, 2.24) is 15.1 Å². The van der Waals surface area contributed by atoms with Crippen LogP contribution in [-0.4, -0.2) is 42.1 Å². The summed E-state index contributed by atoms with van der Waals surface area (Å²) in [7, 11) is 1.47. The maximum absolute atomic E-state index is 13.7. The van der Waals surface area contributed by atoms with Crippen molar-refractivity contribution in [3.05, 3.63) is 46.1 Å². The van der Waals surface area contributed by atoms with Crippen molar-refractivity contribution in [2.45, 2.75) is 31.6 Å². The number of methoxy groups -OCH3 is 1. The van der Waals surface area contributed by atoms with E-state index in [1.807, 2.05) is 19.1 Å². The van der Waals surface area contributed by atoms with Gasteiger partial charge in [0, 0.05) is 20.1 Å². The van der Waals surface area contributed by atoms with E-state index in [0.717, 1.165) is 10.2 Å². The third-order valence-corrected chi connectivity index (χ3v) is 4.94. The van der Waals surface area contributed by atoms with Crippen LogP contribution in [0.2, 0.25) is 5.02 Å². The Labute approximate surface area is 165 Å². The zero-order valence-electron chi connectivity index (χ0n) is 15.3. The quantitative estimate of drug-likeness (QED) is 0.726. The Morgan fingerprint density at radius 3 is 2.68 bits per heavy atom. The van der Waals surface area contributed by atoms with Gasteiger partial charge in [-0.15, -0.1) is 0 Å². The molecule has 2 atom stereocenters. The first-order chi connectivity index (χ1) is 13.2. The van der Waals surface area contributed by atoms with Crippen LogP contribution >= 0.6 is 11.6 Å². The Morgan fingerprint density at radius 1 is 1.39 bits per heavy atom. The predicted octanol–water partition coefficient (Wildman–Crippen LogP) is 3.88. The highest BCUT2D eigenvalue weighted by Crippen LogP contribution is 2.46. The summed E-state index contributed by atoms with van der Waals surface area (Å²) in [4.78, 5) is 12.3. The highest BCUT2D eigenvalue weighted by Gasteiger charge is 2.47. The molecule has 0 radical (unpaired) electrons. The van der Waals surface area contributed by atoms with Gasteiger partial charge in [0.05, 0.1) is 12.6 Å². The first-order valence-electron chi connectivity index (χ1n) is 8.67. The summed E-state index contributed by atoms with van der Waals surface area (Å²) in [6.45, 7) is 2.35. The minimum atomic E-state index is -4.54. The highest BCUT2D eigenvalue weighted by atomic mass is 35.5. The van der Waals surface area contributed by atoms with Crippen LogP contribution in [0.25, 0.3) is 0 Å². The number of halogens is 4. The SMILES string of the molecule is COCCNC(=O)c1nn2c(c1Cl)N[C@@H](c1ccc(C)cc1)C[C@@H]2C(F)(F)F. The number of aryl methyl sites for hydroxylation is 1. The van der Waals surface area contributed by atoms with E-state index in [2.05, 4.69) is 15.7 Å². The largest absolute Gasteiger partial charge is 0.410 e. The van der Waals surface area contributed by atoms with Crippen LogP contribution < -0.4 is 10.6 Å². The second-order valence-electron chi connectivity index (χ2n) is 6.61. The van der Waals surface area contributed by atoms with Gasteiger partial charge in [-0.2, -0.15) is 18.3 Å². The molecule has 3 rings (SSSR count). The molecule has 10 heteroatoms. The molecule has 2 aromatic rings. The third kappa shape index (κ3) is 4.10. The van der Waals surface area contributed by atoms with Gasteiger partial charge in [0.15, 0.2) is 11.7 Å². The van der Waals surface area contributed by atoms with E-state index in [-0.39, 0.29) is 36.1 Å². The van der Waals surface area contributed by atoms with E-state index < -0.39 is 24.2 Å². The first-order valence-corrected chi connectivity index (χ1v) is 9.05. The fraction of sp³-hybridized carbons (Fsp3) is 0.444. The average molecular weight is 417 g/mol. The molecule has 1 aliphatic heterocycles. The van der Waals surface area contributed by atoms with Gasteiger partial charge >= 0.3 is 6.18 Å². The van der Waals surface area contributed by atoms with Gasteiger partial charge < -0.3 is 15.4 Å². The number of anilines is 1. The van der Waals surface area contributed by atoms with Gasteiger partial charge in [-0.05, 0) is 12.5 Å². The number of amides is 1. The molecule has 0 unspecified atom stereocenters. The van der Waals surface area contributed by atoms with Crippen molar-refractivity contribution >= 4 is 23.3 Å². The normalized spacial score (nSPS) is 19.1. The molecule has 28 heavy (non-hydrogen) atoms. The fourth-order valence-corrected chi connectivity index (χ4v) is 3.37. The summed E-state index contributed by atoms with van der Waals surface area (Å²) in [5.41, 5.74) is 1.46. The summed E-state index contributed by atoms with van der Waals surface area (Å²) in [5, 5.41) is 9.26. The molecule has 0 aliphatic carbocycles. The highest BCUT2D eigenvalue weighted by molar-refractivity contribution is 6.36. The topological polar surface area (TPSA) is 68.2 Å². The first kappa shape index (κ1) is 20.5. The molecule has 2 N–H and O–H groups in total. The molecule has 0 saturated heterocycles. The molecule has 1 aromatic carbocycles. The number of ether oxygens (including phenoxy) is 1. The lowest BCUT2D eigenvalue weighted by molar-refractivity contribution is -0.173. The number of hydrogen-bond acceptors (Lipinski definition) is 4. The van der Waals surface area contributed by atoms with Crippen molar-refractivity contribution in [3.8, 4) is 0 Å². The molecule has 0 fully saturated rings. The number of nitrogens with one attached hydrogen (secondary N) is 2. The molecule has 0 spiro atoms. The monoisotopic (exact) mass is 416 g/mol. The number of carbonyl (C=O) groups is 1. The van der Waals surface area contributed by atoms with E-state index in [4.69, 9.17) is 16.3 Å². The Hall–Kier alpha value is -2.26. The lowest BCUT2D eigenvalue weighted by Gasteiger charge is -2.33. The van der Waals surface area contributed by atoms with Gasteiger partial charge in [-0.3, -0.25) is 4.79 Å². The van der Waals surface area contributed by atoms with Gasteiger partial charge in [0.25, 0.3) is 5.91 Å². The Bertz CT molecular complexity index is 852. The number of nitrogens with zero attached hydrogens (tertiary/aromatic N) is 2. The standard InChI is InChI=1S/C18H20ClF3N4O2/c1-10-3-5-11(6-4-10)12-9-13(18(20,21)22)26-16(24-12)14(19)15(25-26)17(27)23-7-8-28-2/h3-6,12-13,24H,7-9H2,1-2H3,(H,23,27)/t12-,13-/m1/s1. The average Bonchev–Trinajstić information content (AvgIpc) is 2.98. The van der Waals surface area contributed by atoms with E-state index in [0.29, 0.717) is 5.56 Å². The summed E-state index contributed by atoms with van der Waals surface area (Å²) >= 11 is 6.24. The summed E-state index contributed by atoms with van der Waals surface area (Å²) in [6, 6.07) is 4.72. The maximum Gasteiger partial charge on any atom is 0.410 e. The number of alkyl halides is 3. The van der Waals surface area contributed by atoms with E-state index >= 15 is 0 Å². The maximum atomic E-state index is 13.7. The van der Waals surface area contributed by atoms with Gasteiger partial charge in [0.1, 0.15) is 10.8 Å². The Morgan fingerprint density at radius 2 is 2.07 bits per heavy atom. The molecule has 152 valence electrons. The second-order valence-corrected chi connectivity index (χ2v) is 6.98. The third-order valence-electron chi connectivity index (χ3n) is 4.58. The van der Waals surface area contributed by atoms with Crippen LogP contribution in [0.5, 0.6) is 0 Å². The van der Waals surface area contributed by atoms with Crippen LogP contribution in [0, 0.1) is 6.92 Å².